The van der Waals surface area contributed by atoms with Crippen molar-refractivity contribution in [1.82, 2.24) is 0 Å². The molecule has 1 unspecified atom stereocenters. The zero-order valence-electron chi connectivity index (χ0n) is 35.5. The van der Waals surface area contributed by atoms with E-state index < -0.39 is 26.5 Å². The Balaban J connectivity index is 3.66. The molecular formula is C43H86NO8P. The summed E-state index contributed by atoms with van der Waals surface area (Å²) in [6.07, 6.45) is 37.8. The van der Waals surface area contributed by atoms with Crippen LogP contribution in [0.25, 0.3) is 0 Å². The Morgan fingerprint density at radius 3 is 1.25 bits per heavy atom. The van der Waals surface area contributed by atoms with E-state index in [2.05, 4.69) is 6.92 Å². The van der Waals surface area contributed by atoms with Crippen LogP contribution in [0.2, 0.25) is 0 Å². The molecule has 0 aromatic carbocycles. The first kappa shape index (κ1) is 52.0. The molecule has 0 aliphatic heterocycles. The van der Waals surface area contributed by atoms with Crippen LogP contribution in [0.4, 0.5) is 0 Å². The summed E-state index contributed by atoms with van der Waals surface area (Å²) in [6, 6.07) is 0. The molecule has 0 saturated heterocycles. The van der Waals surface area contributed by atoms with Crippen molar-refractivity contribution in [2.24, 2.45) is 0 Å². The summed E-state index contributed by atoms with van der Waals surface area (Å²) in [5.41, 5.74) is 0. The standard InChI is InChI=1S/C43H86NO8P/c1-6-8-9-10-11-12-13-14-15-16-17-18-19-20-21-22-23-24-25-26-27-28-29-30-31-32-33-34-36-42(45)49-39-41(52-43(46)35-7-2)40-51-53(47,48)50-38-37-44(3,4)5/h41H,6-40H2,1-5H3/t41-/m1/s1. The Bertz CT molecular complexity index is 881. The number of quaternary nitrogens is 1. The maximum atomic E-state index is 12.3. The summed E-state index contributed by atoms with van der Waals surface area (Å²) in [6.45, 7) is 3.85. The Morgan fingerprint density at radius 2 is 0.887 bits per heavy atom. The number of hydrogen-bond acceptors (Lipinski definition) is 8. The third-order valence-corrected chi connectivity index (χ3v) is 10.8. The number of phosphoric ester groups is 1. The number of esters is 2. The number of hydrogen-bond donors (Lipinski definition) is 0. The smallest absolute Gasteiger partial charge is 0.306 e. The first-order chi connectivity index (χ1) is 25.5. The highest BCUT2D eigenvalue weighted by molar-refractivity contribution is 7.45. The molecule has 10 heteroatoms. The highest BCUT2D eigenvalue weighted by Crippen LogP contribution is 2.38. The summed E-state index contributed by atoms with van der Waals surface area (Å²) in [5, 5.41) is 0. The lowest BCUT2D eigenvalue weighted by Gasteiger charge is -2.28. The maximum Gasteiger partial charge on any atom is 0.306 e. The van der Waals surface area contributed by atoms with E-state index in [0.29, 0.717) is 17.4 Å². The molecule has 0 radical (unpaired) electrons. The monoisotopic (exact) mass is 776 g/mol. The van der Waals surface area contributed by atoms with Gasteiger partial charge in [0.05, 0.1) is 27.7 Å². The average molecular weight is 776 g/mol. The van der Waals surface area contributed by atoms with Gasteiger partial charge in [0.25, 0.3) is 7.82 Å². The normalized spacial score (nSPS) is 13.5. The van der Waals surface area contributed by atoms with E-state index in [1.54, 1.807) is 0 Å². The van der Waals surface area contributed by atoms with Gasteiger partial charge in [0, 0.05) is 12.8 Å². The Labute approximate surface area is 327 Å². The summed E-state index contributed by atoms with van der Waals surface area (Å²) < 4.78 is 33.1. The number of unbranched alkanes of at least 4 members (excludes halogenated alkanes) is 27. The number of ether oxygens (including phenoxy) is 2. The fraction of sp³-hybridized carbons (Fsp3) is 0.953. The fourth-order valence-electron chi connectivity index (χ4n) is 6.40. The van der Waals surface area contributed by atoms with Gasteiger partial charge < -0.3 is 27.9 Å². The van der Waals surface area contributed by atoms with Gasteiger partial charge in [0.1, 0.15) is 19.8 Å². The minimum absolute atomic E-state index is 0.0286. The number of carbonyl (C=O) groups is 2. The first-order valence-electron chi connectivity index (χ1n) is 22.2. The fourth-order valence-corrected chi connectivity index (χ4v) is 7.13. The van der Waals surface area contributed by atoms with Crippen molar-refractivity contribution in [3.63, 3.8) is 0 Å². The molecule has 0 rings (SSSR count). The summed E-state index contributed by atoms with van der Waals surface area (Å²) in [7, 11) is 1.17. The number of likely N-dealkylation sites (N-methyl/N-ethyl adjacent to an activating group) is 1. The van der Waals surface area contributed by atoms with Crippen LogP contribution in [0.3, 0.4) is 0 Å². The van der Waals surface area contributed by atoms with E-state index in [1.807, 2.05) is 28.1 Å². The van der Waals surface area contributed by atoms with Gasteiger partial charge in [-0.3, -0.25) is 14.2 Å². The molecule has 316 valence electrons. The van der Waals surface area contributed by atoms with Crippen LogP contribution in [0.15, 0.2) is 0 Å². The second-order valence-electron chi connectivity index (χ2n) is 16.4. The lowest BCUT2D eigenvalue weighted by atomic mass is 10.0. The lowest BCUT2D eigenvalue weighted by Crippen LogP contribution is -2.37. The topological polar surface area (TPSA) is 111 Å². The molecule has 0 spiro atoms. The van der Waals surface area contributed by atoms with Gasteiger partial charge in [-0.2, -0.15) is 0 Å². The maximum absolute atomic E-state index is 12.3. The van der Waals surface area contributed by atoms with Crippen LogP contribution in [0, 0.1) is 0 Å². The molecule has 0 amide bonds. The molecule has 0 saturated carbocycles. The van der Waals surface area contributed by atoms with Crippen LogP contribution in [0.1, 0.15) is 213 Å². The second-order valence-corrected chi connectivity index (χ2v) is 17.8. The van der Waals surface area contributed by atoms with Crippen molar-refractivity contribution >= 4 is 19.8 Å². The van der Waals surface area contributed by atoms with E-state index in [1.165, 1.54) is 161 Å². The van der Waals surface area contributed by atoms with Gasteiger partial charge in [0.15, 0.2) is 6.10 Å². The van der Waals surface area contributed by atoms with Crippen molar-refractivity contribution in [2.75, 3.05) is 47.5 Å². The SMILES string of the molecule is CCCCCCCCCCCCCCCCCCCCCCCCCCCCCCC(=O)OC[C@H](COP(=O)([O-])OCC[N+](C)(C)C)OC(=O)CCC. The van der Waals surface area contributed by atoms with Gasteiger partial charge >= 0.3 is 11.9 Å². The number of nitrogens with zero attached hydrogens (tertiary/aromatic N) is 1. The summed E-state index contributed by atoms with van der Waals surface area (Å²) >= 11 is 0. The van der Waals surface area contributed by atoms with Crippen LogP contribution in [-0.2, 0) is 32.7 Å². The second kappa shape index (κ2) is 36.6. The van der Waals surface area contributed by atoms with Crippen LogP contribution < -0.4 is 4.89 Å². The van der Waals surface area contributed by atoms with Crippen molar-refractivity contribution in [3.8, 4) is 0 Å². The van der Waals surface area contributed by atoms with E-state index in [-0.39, 0.29) is 32.0 Å². The minimum Gasteiger partial charge on any atom is -0.756 e. The van der Waals surface area contributed by atoms with Crippen molar-refractivity contribution in [2.45, 2.75) is 219 Å². The number of phosphoric acid groups is 1. The number of carbonyl (C=O) groups excluding carboxylic acids is 2. The largest absolute Gasteiger partial charge is 0.756 e. The molecule has 0 fully saturated rings. The average Bonchev–Trinajstić information content (AvgIpc) is 3.10. The van der Waals surface area contributed by atoms with E-state index in [0.717, 1.165) is 19.3 Å². The molecule has 0 aromatic rings. The third-order valence-electron chi connectivity index (χ3n) is 9.85. The highest BCUT2D eigenvalue weighted by Gasteiger charge is 2.21. The molecule has 0 aliphatic carbocycles. The predicted molar refractivity (Wildman–Crippen MR) is 218 cm³/mol. The highest BCUT2D eigenvalue weighted by atomic mass is 31.2. The Hall–Kier alpha value is -0.990. The molecular weight excluding hydrogens is 689 g/mol. The molecule has 9 nitrogen and oxygen atoms in total. The predicted octanol–water partition coefficient (Wildman–Crippen LogP) is 11.8. The molecule has 0 heterocycles. The van der Waals surface area contributed by atoms with Crippen LogP contribution in [-0.4, -0.2) is 70.0 Å². The van der Waals surface area contributed by atoms with Crippen molar-refractivity contribution < 1.29 is 42.1 Å². The van der Waals surface area contributed by atoms with Crippen molar-refractivity contribution in [3.05, 3.63) is 0 Å². The van der Waals surface area contributed by atoms with Crippen molar-refractivity contribution in [1.29, 1.82) is 0 Å². The first-order valence-corrected chi connectivity index (χ1v) is 23.7. The zero-order valence-corrected chi connectivity index (χ0v) is 36.4. The molecule has 2 atom stereocenters. The summed E-state index contributed by atoms with van der Waals surface area (Å²) in [4.78, 5) is 36.5. The molecule has 0 aliphatic rings. The Morgan fingerprint density at radius 1 is 0.509 bits per heavy atom. The van der Waals surface area contributed by atoms with E-state index in [4.69, 9.17) is 18.5 Å². The van der Waals surface area contributed by atoms with Gasteiger partial charge in [0.2, 0.25) is 0 Å². The minimum atomic E-state index is -4.59. The molecule has 0 bridgehead atoms. The van der Waals surface area contributed by atoms with Gasteiger partial charge in [-0.05, 0) is 12.8 Å². The molecule has 53 heavy (non-hydrogen) atoms. The van der Waals surface area contributed by atoms with E-state index in [9.17, 15) is 19.0 Å². The van der Waals surface area contributed by atoms with Gasteiger partial charge in [-0.1, -0.05) is 187 Å². The van der Waals surface area contributed by atoms with E-state index >= 15 is 0 Å². The van der Waals surface area contributed by atoms with Gasteiger partial charge in [-0.15, -0.1) is 0 Å². The summed E-state index contributed by atoms with van der Waals surface area (Å²) in [5.74, 6) is -0.884. The van der Waals surface area contributed by atoms with Crippen LogP contribution >= 0.6 is 7.82 Å². The molecule has 0 aromatic heterocycles. The lowest BCUT2D eigenvalue weighted by molar-refractivity contribution is -0.870. The zero-order chi connectivity index (χ0) is 39.3. The van der Waals surface area contributed by atoms with Crippen LogP contribution in [0.5, 0.6) is 0 Å². The Kier molecular flexibility index (Phi) is 36.0. The van der Waals surface area contributed by atoms with Gasteiger partial charge in [-0.25, -0.2) is 0 Å². The molecule has 0 N–H and O–H groups in total. The quantitative estimate of drug-likeness (QED) is 0.0261. The number of rotatable bonds is 41. The third kappa shape index (κ3) is 40.5.